The molecule has 26 heavy (non-hydrogen) atoms. The van der Waals surface area contributed by atoms with E-state index in [4.69, 9.17) is 4.52 Å². The molecule has 6 nitrogen and oxygen atoms in total. The lowest BCUT2D eigenvalue weighted by Crippen LogP contribution is -2.27. The Morgan fingerprint density at radius 2 is 1.73 bits per heavy atom. The van der Waals surface area contributed by atoms with Crippen molar-refractivity contribution in [2.24, 2.45) is 0 Å². The first-order chi connectivity index (χ1) is 12.5. The molecule has 0 spiro atoms. The first-order valence-electron chi connectivity index (χ1n) is 8.24. The van der Waals surface area contributed by atoms with Crippen molar-refractivity contribution in [1.82, 2.24) is 14.4 Å². The second-order valence-electron chi connectivity index (χ2n) is 6.07. The normalized spacial score (nSPS) is 15.4. The average Bonchev–Trinajstić information content (AvgIpc) is 3.34. The molecule has 4 rings (SSSR count). The quantitative estimate of drug-likeness (QED) is 0.622. The molecule has 1 fully saturated rings. The molecule has 1 aliphatic heterocycles. The zero-order valence-electron chi connectivity index (χ0n) is 13.8. The maximum absolute atomic E-state index is 12.6. The van der Waals surface area contributed by atoms with Gasteiger partial charge in [0.15, 0.2) is 0 Å². The van der Waals surface area contributed by atoms with Crippen molar-refractivity contribution in [3.63, 3.8) is 0 Å². The van der Waals surface area contributed by atoms with E-state index < -0.39 is 10.0 Å². The van der Waals surface area contributed by atoms with Gasteiger partial charge in [-0.2, -0.15) is 9.29 Å². The maximum atomic E-state index is 12.6. The van der Waals surface area contributed by atoms with E-state index in [9.17, 15) is 8.42 Å². The molecule has 0 atom stereocenters. The third-order valence-corrected chi connectivity index (χ3v) is 6.72. The summed E-state index contributed by atoms with van der Waals surface area (Å²) in [5.41, 5.74) is 1.52. The molecule has 0 saturated carbocycles. The second kappa shape index (κ2) is 6.94. The molecule has 0 aliphatic carbocycles. The van der Waals surface area contributed by atoms with Crippen LogP contribution in [0.5, 0.6) is 0 Å². The number of halogens is 1. The fraction of sp³-hybridized carbons (Fsp3) is 0.222. The van der Waals surface area contributed by atoms with Crippen LogP contribution in [0.25, 0.3) is 22.8 Å². The third kappa shape index (κ3) is 3.32. The van der Waals surface area contributed by atoms with Gasteiger partial charge in [-0.05, 0) is 55.3 Å². The van der Waals surface area contributed by atoms with Crippen molar-refractivity contribution in [2.45, 2.75) is 17.7 Å². The summed E-state index contributed by atoms with van der Waals surface area (Å²) in [6.45, 7) is 1.18. The molecule has 2 heterocycles. The minimum absolute atomic E-state index is 0.291. The fourth-order valence-electron chi connectivity index (χ4n) is 2.93. The van der Waals surface area contributed by atoms with Crippen molar-refractivity contribution in [3.05, 3.63) is 53.0 Å². The molecule has 3 aromatic rings. The number of sulfonamides is 1. The van der Waals surface area contributed by atoms with Gasteiger partial charge in [-0.25, -0.2) is 8.42 Å². The van der Waals surface area contributed by atoms with Crippen LogP contribution in [-0.4, -0.2) is 36.0 Å². The predicted octanol–water partition coefficient (Wildman–Crippen LogP) is 3.95. The first kappa shape index (κ1) is 17.4. The Morgan fingerprint density at radius 1 is 1.00 bits per heavy atom. The van der Waals surface area contributed by atoms with Gasteiger partial charge >= 0.3 is 0 Å². The third-order valence-electron chi connectivity index (χ3n) is 4.31. The Kier molecular flexibility index (Phi) is 4.64. The summed E-state index contributed by atoms with van der Waals surface area (Å²) >= 11 is 3.41. The largest absolute Gasteiger partial charge is 0.334 e. The van der Waals surface area contributed by atoms with Gasteiger partial charge in [0.1, 0.15) is 0 Å². The topological polar surface area (TPSA) is 76.3 Å². The van der Waals surface area contributed by atoms with Crippen LogP contribution >= 0.6 is 15.9 Å². The van der Waals surface area contributed by atoms with Crippen LogP contribution in [0.4, 0.5) is 0 Å². The van der Waals surface area contributed by atoms with Gasteiger partial charge in [0.2, 0.25) is 15.8 Å². The van der Waals surface area contributed by atoms with Gasteiger partial charge < -0.3 is 4.52 Å². The molecule has 1 aliphatic rings. The van der Waals surface area contributed by atoms with E-state index in [1.807, 2.05) is 24.3 Å². The maximum Gasteiger partial charge on any atom is 0.258 e. The number of hydrogen-bond acceptors (Lipinski definition) is 5. The highest BCUT2D eigenvalue weighted by atomic mass is 79.9. The molecule has 134 valence electrons. The van der Waals surface area contributed by atoms with Crippen molar-refractivity contribution in [2.75, 3.05) is 13.1 Å². The SMILES string of the molecule is O=S(=O)(c1ccc(-c2noc(-c3cccc(Br)c3)n2)cc1)N1CCCC1. The van der Waals surface area contributed by atoms with E-state index in [0.29, 0.717) is 35.3 Å². The lowest BCUT2D eigenvalue weighted by molar-refractivity contribution is 0.432. The van der Waals surface area contributed by atoms with Gasteiger partial charge in [0.05, 0.1) is 4.90 Å². The minimum Gasteiger partial charge on any atom is -0.334 e. The molecule has 0 amide bonds. The zero-order valence-corrected chi connectivity index (χ0v) is 16.2. The Labute approximate surface area is 160 Å². The van der Waals surface area contributed by atoms with E-state index >= 15 is 0 Å². The molecule has 0 radical (unpaired) electrons. The number of nitrogens with zero attached hydrogens (tertiary/aromatic N) is 3. The summed E-state index contributed by atoms with van der Waals surface area (Å²) in [4.78, 5) is 4.69. The number of aromatic nitrogens is 2. The van der Waals surface area contributed by atoms with Gasteiger partial charge in [-0.3, -0.25) is 0 Å². The Morgan fingerprint density at radius 3 is 2.42 bits per heavy atom. The Bertz CT molecular complexity index is 1030. The average molecular weight is 434 g/mol. The molecule has 8 heteroatoms. The Balaban J connectivity index is 1.60. The van der Waals surface area contributed by atoms with E-state index in [0.717, 1.165) is 22.9 Å². The molecule has 1 aromatic heterocycles. The van der Waals surface area contributed by atoms with Crippen LogP contribution < -0.4 is 0 Å². The Hall–Kier alpha value is -2.03. The van der Waals surface area contributed by atoms with Gasteiger partial charge in [0.25, 0.3) is 5.89 Å². The highest BCUT2D eigenvalue weighted by Gasteiger charge is 2.27. The van der Waals surface area contributed by atoms with Crippen LogP contribution in [0.15, 0.2) is 62.4 Å². The molecule has 0 bridgehead atoms. The summed E-state index contributed by atoms with van der Waals surface area (Å²) in [7, 11) is -3.42. The number of benzene rings is 2. The predicted molar refractivity (Wildman–Crippen MR) is 101 cm³/mol. The monoisotopic (exact) mass is 433 g/mol. The number of rotatable bonds is 4. The molecule has 0 unspecified atom stereocenters. The van der Waals surface area contributed by atoms with Crippen LogP contribution in [0.1, 0.15) is 12.8 Å². The zero-order chi connectivity index (χ0) is 18.1. The van der Waals surface area contributed by atoms with Crippen molar-refractivity contribution >= 4 is 26.0 Å². The van der Waals surface area contributed by atoms with E-state index in [2.05, 4.69) is 26.1 Å². The van der Waals surface area contributed by atoms with E-state index in [1.54, 1.807) is 24.3 Å². The summed E-state index contributed by atoms with van der Waals surface area (Å²) < 4.78 is 32.9. The van der Waals surface area contributed by atoms with Gasteiger partial charge in [0, 0.05) is 28.7 Å². The summed E-state index contributed by atoms with van der Waals surface area (Å²) in [6.07, 6.45) is 1.83. The number of hydrogen-bond donors (Lipinski definition) is 0. The highest BCUT2D eigenvalue weighted by Crippen LogP contribution is 2.26. The van der Waals surface area contributed by atoms with E-state index in [-0.39, 0.29) is 0 Å². The molecule has 0 N–H and O–H groups in total. The highest BCUT2D eigenvalue weighted by molar-refractivity contribution is 9.10. The smallest absolute Gasteiger partial charge is 0.258 e. The first-order valence-corrected chi connectivity index (χ1v) is 10.5. The molecule has 1 saturated heterocycles. The van der Waals surface area contributed by atoms with Gasteiger partial charge in [-0.1, -0.05) is 27.2 Å². The fourth-order valence-corrected chi connectivity index (χ4v) is 4.85. The van der Waals surface area contributed by atoms with Crippen LogP contribution in [0, 0.1) is 0 Å². The lowest BCUT2D eigenvalue weighted by atomic mass is 10.2. The lowest BCUT2D eigenvalue weighted by Gasteiger charge is -2.15. The summed E-state index contributed by atoms with van der Waals surface area (Å²) in [6, 6.07) is 14.2. The van der Waals surface area contributed by atoms with Crippen molar-refractivity contribution in [3.8, 4) is 22.8 Å². The van der Waals surface area contributed by atoms with Gasteiger partial charge in [-0.15, -0.1) is 0 Å². The van der Waals surface area contributed by atoms with Crippen LogP contribution in [-0.2, 0) is 10.0 Å². The summed E-state index contributed by atoms with van der Waals surface area (Å²) in [5, 5.41) is 4.00. The molecular weight excluding hydrogens is 418 g/mol. The van der Waals surface area contributed by atoms with Crippen LogP contribution in [0.3, 0.4) is 0 Å². The standard InChI is InChI=1S/C18H16BrN3O3S/c19-15-5-3-4-14(12-15)18-20-17(21-25-18)13-6-8-16(9-7-13)26(23,24)22-10-1-2-11-22/h3-9,12H,1-2,10-11H2. The van der Waals surface area contributed by atoms with Crippen molar-refractivity contribution < 1.29 is 12.9 Å². The van der Waals surface area contributed by atoms with E-state index in [1.165, 1.54) is 4.31 Å². The van der Waals surface area contributed by atoms with Crippen molar-refractivity contribution in [1.29, 1.82) is 0 Å². The summed E-state index contributed by atoms with van der Waals surface area (Å²) in [5.74, 6) is 0.833. The van der Waals surface area contributed by atoms with Crippen LogP contribution in [0.2, 0.25) is 0 Å². The molecule has 2 aromatic carbocycles. The second-order valence-corrected chi connectivity index (χ2v) is 8.92. The minimum atomic E-state index is -3.42. The molecular formula is C18H16BrN3O3S.